The maximum atomic E-state index is 10.7. The largest absolute Gasteiger partial charge is 0.384 e. The van der Waals surface area contributed by atoms with Crippen molar-refractivity contribution in [1.29, 1.82) is 0 Å². The van der Waals surface area contributed by atoms with Gasteiger partial charge in [0.15, 0.2) is 0 Å². The van der Waals surface area contributed by atoms with Crippen molar-refractivity contribution in [2.24, 2.45) is 0 Å². The first-order valence-corrected chi connectivity index (χ1v) is 7.30. The van der Waals surface area contributed by atoms with Crippen LogP contribution in [0.5, 0.6) is 0 Å². The van der Waals surface area contributed by atoms with Crippen molar-refractivity contribution in [2.45, 2.75) is 58.3 Å². The monoisotopic (exact) mass is 318 g/mol. The third kappa shape index (κ3) is 2.78. The quantitative estimate of drug-likeness (QED) is 0.839. The molecular formula is C13H23BrN2O2. The van der Waals surface area contributed by atoms with Crippen LogP contribution in [0.2, 0.25) is 0 Å². The number of methoxy groups -OCH3 is 1. The van der Waals surface area contributed by atoms with Gasteiger partial charge in [-0.1, -0.05) is 20.8 Å². The van der Waals surface area contributed by atoms with Crippen LogP contribution in [-0.4, -0.2) is 27.6 Å². The van der Waals surface area contributed by atoms with Gasteiger partial charge in [-0.2, -0.15) is 5.10 Å². The Hall–Kier alpha value is -0.390. The molecule has 0 aliphatic carbocycles. The molecular weight excluding hydrogens is 296 g/mol. The molecule has 0 fully saturated rings. The predicted molar refractivity (Wildman–Crippen MR) is 75.5 cm³/mol. The van der Waals surface area contributed by atoms with Gasteiger partial charge in [0.05, 0.1) is 22.0 Å². The Morgan fingerprint density at radius 1 is 1.44 bits per heavy atom. The minimum Gasteiger partial charge on any atom is -0.384 e. The summed E-state index contributed by atoms with van der Waals surface area (Å²) >= 11 is 3.47. The van der Waals surface area contributed by atoms with Crippen molar-refractivity contribution in [2.75, 3.05) is 7.11 Å². The van der Waals surface area contributed by atoms with Crippen molar-refractivity contribution >= 4 is 15.9 Å². The molecule has 1 N–H and O–H groups in total. The number of aliphatic hydroxyl groups excluding tert-OH is 1. The topological polar surface area (TPSA) is 47.3 Å². The molecule has 104 valence electrons. The van der Waals surface area contributed by atoms with E-state index in [-0.39, 0.29) is 0 Å². The zero-order chi connectivity index (χ0) is 13.8. The fourth-order valence-corrected chi connectivity index (χ4v) is 2.83. The molecule has 1 aromatic rings. The van der Waals surface area contributed by atoms with Crippen LogP contribution in [0.1, 0.15) is 51.8 Å². The van der Waals surface area contributed by atoms with Crippen LogP contribution in [0, 0.1) is 0 Å². The highest BCUT2D eigenvalue weighted by molar-refractivity contribution is 9.10. The molecule has 0 saturated carbocycles. The van der Waals surface area contributed by atoms with E-state index in [1.807, 2.05) is 18.5 Å². The van der Waals surface area contributed by atoms with E-state index in [4.69, 9.17) is 4.74 Å². The fourth-order valence-electron chi connectivity index (χ4n) is 2.32. The van der Waals surface area contributed by atoms with Gasteiger partial charge in [0.25, 0.3) is 0 Å². The van der Waals surface area contributed by atoms with E-state index in [1.165, 1.54) is 0 Å². The second kappa shape index (κ2) is 6.68. The third-order valence-electron chi connectivity index (χ3n) is 3.63. The Labute approximate surface area is 117 Å². The van der Waals surface area contributed by atoms with Gasteiger partial charge in [0.2, 0.25) is 0 Å². The molecule has 0 aliphatic heterocycles. The van der Waals surface area contributed by atoms with Crippen LogP contribution in [0.4, 0.5) is 0 Å². The summed E-state index contributed by atoms with van der Waals surface area (Å²) in [6.45, 7) is 6.95. The standard InChI is InChI=1S/C13H23BrN2O2/c1-5-8-16-11(10(14)9-15-16)12(17)13(6-2,7-3)18-4/h9,12,17H,5-8H2,1-4H3. The van der Waals surface area contributed by atoms with Gasteiger partial charge >= 0.3 is 0 Å². The SMILES string of the molecule is CCCn1ncc(Br)c1C(O)C(CC)(CC)OC. The van der Waals surface area contributed by atoms with E-state index < -0.39 is 11.7 Å². The summed E-state index contributed by atoms with van der Waals surface area (Å²) in [7, 11) is 1.66. The lowest BCUT2D eigenvalue weighted by atomic mass is 9.88. The van der Waals surface area contributed by atoms with Crippen molar-refractivity contribution in [3.8, 4) is 0 Å². The summed E-state index contributed by atoms with van der Waals surface area (Å²) in [5.41, 5.74) is 0.260. The van der Waals surface area contributed by atoms with Crippen LogP contribution in [0.15, 0.2) is 10.7 Å². The van der Waals surface area contributed by atoms with Crippen LogP contribution in [0.25, 0.3) is 0 Å². The molecule has 1 unspecified atom stereocenters. The zero-order valence-corrected chi connectivity index (χ0v) is 13.2. The van der Waals surface area contributed by atoms with Gasteiger partial charge in [-0.05, 0) is 35.2 Å². The van der Waals surface area contributed by atoms with E-state index in [0.29, 0.717) is 0 Å². The van der Waals surface area contributed by atoms with Gasteiger partial charge in [0, 0.05) is 13.7 Å². The number of hydrogen-bond donors (Lipinski definition) is 1. The van der Waals surface area contributed by atoms with E-state index in [1.54, 1.807) is 13.3 Å². The number of aromatic nitrogens is 2. The molecule has 0 bridgehead atoms. The lowest BCUT2D eigenvalue weighted by Gasteiger charge is -2.35. The smallest absolute Gasteiger partial charge is 0.126 e. The Balaban J connectivity index is 3.15. The Bertz CT molecular complexity index is 367. The molecule has 1 heterocycles. The lowest BCUT2D eigenvalue weighted by Crippen LogP contribution is -2.38. The van der Waals surface area contributed by atoms with Crippen molar-refractivity contribution in [3.63, 3.8) is 0 Å². The van der Waals surface area contributed by atoms with Crippen LogP contribution >= 0.6 is 15.9 Å². The zero-order valence-electron chi connectivity index (χ0n) is 11.6. The average molecular weight is 319 g/mol. The molecule has 5 heteroatoms. The normalized spacial score (nSPS) is 13.9. The van der Waals surface area contributed by atoms with Gasteiger partial charge in [-0.15, -0.1) is 0 Å². The third-order valence-corrected chi connectivity index (χ3v) is 4.24. The van der Waals surface area contributed by atoms with E-state index >= 15 is 0 Å². The number of ether oxygens (including phenoxy) is 1. The summed E-state index contributed by atoms with van der Waals surface area (Å²) in [6.07, 6.45) is 3.54. The molecule has 0 saturated heterocycles. The molecule has 0 amide bonds. The average Bonchev–Trinajstić information content (AvgIpc) is 2.73. The van der Waals surface area contributed by atoms with Crippen LogP contribution in [-0.2, 0) is 11.3 Å². The van der Waals surface area contributed by atoms with Crippen LogP contribution < -0.4 is 0 Å². The van der Waals surface area contributed by atoms with Gasteiger partial charge in [0.1, 0.15) is 6.10 Å². The van der Waals surface area contributed by atoms with Crippen molar-refractivity contribution in [1.82, 2.24) is 9.78 Å². The first-order valence-electron chi connectivity index (χ1n) is 6.50. The molecule has 0 aliphatic rings. The van der Waals surface area contributed by atoms with Crippen molar-refractivity contribution < 1.29 is 9.84 Å². The first kappa shape index (κ1) is 15.7. The summed E-state index contributed by atoms with van der Waals surface area (Å²) in [5, 5.41) is 15.0. The molecule has 1 rings (SSSR count). The molecule has 4 nitrogen and oxygen atoms in total. The predicted octanol–water partition coefficient (Wildman–Crippen LogP) is 3.29. The summed E-state index contributed by atoms with van der Waals surface area (Å²) in [4.78, 5) is 0. The summed E-state index contributed by atoms with van der Waals surface area (Å²) in [6, 6.07) is 0. The lowest BCUT2D eigenvalue weighted by molar-refractivity contribution is -0.113. The highest BCUT2D eigenvalue weighted by Crippen LogP contribution is 2.37. The minimum absolute atomic E-state index is 0.548. The number of hydrogen-bond acceptors (Lipinski definition) is 3. The second-order valence-electron chi connectivity index (χ2n) is 4.48. The molecule has 0 aromatic carbocycles. The molecule has 1 aromatic heterocycles. The summed E-state index contributed by atoms with van der Waals surface area (Å²) in [5.74, 6) is 0. The van der Waals surface area contributed by atoms with Gasteiger partial charge < -0.3 is 9.84 Å². The Morgan fingerprint density at radius 2 is 2.06 bits per heavy atom. The molecule has 0 spiro atoms. The number of halogens is 1. The van der Waals surface area contributed by atoms with Gasteiger partial charge in [-0.25, -0.2) is 0 Å². The molecule has 1 atom stereocenters. The van der Waals surface area contributed by atoms with Crippen molar-refractivity contribution in [3.05, 3.63) is 16.4 Å². The number of aryl methyl sites for hydroxylation is 1. The highest BCUT2D eigenvalue weighted by atomic mass is 79.9. The van der Waals surface area contributed by atoms with E-state index in [2.05, 4.69) is 28.0 Å². The van der Waals surface area contributed by atoms with E-state index in [0.717, 1.165) is 36.0 Å². The second-order valence-corrected chi connectivity index (χ2v) is 5.33. The summed E-state index contributed by atoms with van der Waals surface area (Å²) < 4.78 is 8.29. The molecule has 18 heavy (non-hydrogen) atoms. The first-order chi connectivity index (χ1) is 8.56. The number of aliphatic hydroxyl groups is 1. The van der Waals surface area contributed by atoms with Gasteiger partial charge in [-0.3, -0.25) is 4.68 Å². The number of rotatable bonds is 7. The maximum Gasteiger partial charge on any atom is 0.126 e. The fraction of sp³-hybridized carbons (Fsp3) is 0.769. The highest BCUT2D eigenvalue weighted by Gasteiger charge is 2.38. The van der Waals surface area contributed by atoms with Crippen LogP contribution in [0.3, 0.4) is 0 Å². The number of nitrogens with zero attached hydrogens (tertiary/aromatic N) is 2. The molecule has 0 radical (unpaired) electrons. The Kier molecular flexibility index (Phi) is 5.82. The minimum atomic E-state index is -0.680. The Morgan fingerprint density at radius 3 is 2.50 bits per heavy atom. The maximum absolute atomic E-state index is 10.7. The van der Waals surface area contributed by atoms with E-state index in [9.17, 15) is 5.11 Å².